The topological polar surface area (TPSA) is 0 Å². The Hall–Kier alpha value is 0.874. The van der Waals surface area contributed by atoms with Gasteiger partial charge in [-0.1, -0.05) is 40.4 Å². The molecule has 1 rings (SSSR count). The third-order valence-electron chi connectivity index (χ3n) is 2.50. The second-order valence-electron chi connectivity index (χ2n) is 5.62. The lowest BCUT2D eigenvalue weighted by Gasteiger charge is -2.46. The maximum Gasteiger partial charge on any atom is 0.180 e. The molecule has 76 valence electrons. The van der Waals surface area contributed by atoms with Gasteiger partial charge in [-0.25, -0.2) is 0 Å². The molecular formula is C9H20S2Si2. The third-order valence-corrected chi connectivity index (χ3v) is 37.4. The van der Waals surface area contributed by atoms with Gasteiger partial charge in [-0.05, 0) is 15.9 Å². The molecule has 0 aliphatic carbocycles. The zero-order valence-electron chi connectivity index (χ0n) is 9.47. The van der Waals surface area contributed by atoms with Crippen molar-refractivity contribution in [1.29, 1.82) is 0 Å². The largest absolute Gasteiger partial charge is 0.180 e. The molecule has 0 unspecified atom stereocenters. The van der Waals surface area contributed by atoms with Gasteiger partial charge in [0.1, 0.15) is 0 Å². The summed E-state index contributed by atoms with van der Waals surface area (Å²) in [6.07, 6.45) is 0. The van der Waals surface area contributed by atoms with E-state index in [1.807, 2.05) is 0 Å². The van der Waals surface area contributed by atoms with Gasteiger partial charge in [0.25, 0.3) is 0 Å². The lowest BCUT2D eigenvalue weighted by molar-refractivity contribution is 0.754. The van der Waals surface area contributed by atoms with Crippen LogP contribution >= 0.6 is 22.4 Å². The monoisotopic (exact) mass is 248 g/mol. The average molecular weight is 249 g/mol. The molecule has 0 aromatic rings. The summed E-state index contributed by atoms with van der Waals surface area (Å²) < 4.78 is 0. The van der Waals surface area contributed by atoms with Crippen LogP contribution in [0.3, 0.4) is 0 Å². The quantitative estimate of drug-likeness (QED) is 0.622. The van der Waals surface area contributed by atoms with E-state index in [-0.39, 0.29) is 0 Å². The first-order valence-electron chi connectivity index (χ1n) is 4.71. The van der Waals surface area contributed by atoms with Crippen molar-refractivity contribution in [1.82, 2.24) is 0 Å². The van der Waals surface area contributed by atoms with Gasteiger partial charge in [0.05, 0.1) is 7.59 Å². The van der Waals surface area contributed by atoms with Crippen molar-refractivity contribution >= 4 is 35.9 Å². The molecule has 1 aliphatic rings. The summed E-state index contributed by atoms with van der Waals surface area (Å²) >= 11 is 4.37. The van der Waals surface area contributed by atoms with Crippen molar-refractivity contribution in [3.05, 3.63) is 10.8 Å². The predicted molar refractivity (Wildman–Crippen MR) is 73.1 cm³/mol. The normalized spacial score (nSPS) is 22.3. The summed E-state index contributed by atoms with van der Waals surface area (Å²) in [5.41, 5.74) is 0. The Morgan fingerprint density at radius 2 is 1.38 bits per heavy atom. The standard InChI is InChI=1S/C9H20S2Si2/c1-9(2,3)13(12(4,5)6)10-7-8-11-13/h7-8H,1-6H3. The minimum atomic E-state index is -1.17. The molecule has 0 radical (unpaired) electrons. The highest BCUT2D eigenvalue weighted by Gasteiger charge is 2.56. The van der Waals surface area contributed by atoms with Crippen LogP contribution < -0.4 is 0 Å². The average Bonchev–Trinajstić information content (AvgIpc) is 2.28. The molecule has 0 spiro atoms. The van der Waals surface area contributed by atoms with Crippen LogP contribution in [-0.4, -0.2) is 13.5 Å². The Balaban J connectivity index is 3.04. The molecule has 1 heterocycles. The molecule has 13 heavy (non-hydrogen) atoms. The van der Waals surface area contributed by atoms with E-state index >= 15 is 0 Å². The van der Waals surface area contributed by atoms with E-state index < -0.39 is 13.5 Å². The lowest BCUT2D eigenvalue weighted by Crippen LogP contribution is -2.56. The smallest absolute Gasteiger partial charge is 0.147 e. The van der Waals surface area contributed by atoms with E-state index in [1.54, 1.807) is 0 Å². The first-order valence-corrected chi connectivity index (χ1v) is 14.4. The van der Waals surface area contributed by atoms with Crippen LogP contribution in [0.25, 0.3) is 0 Å². The molecule has 0 amide bonds. The molecule has 0 aromatic heterocycles. The predicted octanol–water partition coefficient (Wildman–Crippen LogP) is 4.60. The maximum atomic E-state index is 2.54. The Labute approximate surface area is 92.0 Å². The molecule has 0 nitrogen and oxygen atoms in total. The molecule has 0 aromatic carbocycles. The van der Waals surface area contributed by atoms with Crippen molar-refractivity contribution in [3.63, 3.8) is 0 Å². The molecule has 0 bridgehead atoms. The highest BCUT2D eigenvalue weighted by molar-refractivity contribution is 8.68. The molecule has 1 aliphatic heterocycles. The van der Waals surface area contributed by atoms with E-state index in [2.05, 4.69) is 73.7 Å². The van der Waals surface area contributed by atoms with E-state index in [1.165, 1.54) is 0 Å². The zero-order valence-corrected chi connectivity index (χ0v) is 13.1. The SMILES string of the molecule is CC(C)(C)[Si]1([Si](C)(C)C)SC=CS1. The number of hydrogen-bond acceptors (Lipinski definition) is 2. The Morgan fingerprint density at radius 1 is 1.00 bits per heavy atom. The third kappa shape index (κ3) is 1.96. The fraction of sp³-hybridized carbons (Fsp3) is 0.778. The van der Waals surface area contributed by atoms with Crippen molar-refractivity contribution in [2.45, 2.75) is 45.5 Å². The van der Waals surface area contributed by atoms with Gasteiger partial charge in [0, 0.05) is 0 Å². The van der Waals surface area contributed by atoms with Crippen molar-refractivity contribution in [3.8, 4) is 0 Å². The summed E-state index contributed by atoms with van der Waals surface area (Å²) in [6, 6.07) is 0. The highest BCUT2D eigenvalue weighted by atomic mass is 32.6. The van der Waals surface area contributed by atoms with Crippen molar-refractivity contribution < 1.29 is 0 Å². The van der Waals surface area contributed by atoms with Crippen LogP contribution in [0.15, 0.2) is 10.8 Å². The minimum Gasteiger partial charge on any atom is -0.147 e. The van der Waals surface area contributed by atoms with E-state index in [0.29, 0.717) is 5.04 Å². The van der Waals surface area contributed by atoms with Gasteiger partial charge in [0.15, 0.2) is 5.89 Å². The van der Waals surface area contributed by atoms with E-state index in [0.717, 1.165) is 0 Å². The van der Waals surface area contributed by atoms with Crippen LogP contribution in [0.2, 0.25) is 24.7 Å². The van der Waals surface area contributed by atoms with Gasteiger partial charge >= 0.3 is 0 Å². The minimum absolute atomic E-state index is 0.524. The van der Waals surface area contributed by atoms with Crippen molar-refractivity contribution in [2.24, 2.45) is 0 Å². The van der Waals surface area contributed by atoms with Crippen LogP contribution in [0.5, 0.6) is 0 Å². The fourth-order valence-electron chi connectivity index (χ4n) is 2.11. The Bertz CT molecular complexity index is 199. The number of rotatable bonds is 1. The van der Waals surface area contributed by atoms with Gasteiger partial charge in [-0.2, -0.15) is 0 Å². The Kier molecular flexibility index (Phi) is 3.19. The van der Waals surface area contributed by atoms with E-state index in [9.17, 15) is 0 Å². The molecule has 0 atom stereocenters. The highest BCUT2D eigenvalue weighted by Crippen LogP contribution is 2.59. The zero-order chi connectivity index (χ0) is 10.3. The maximum absolute atomic E-state index is 2.54. The summed E-state index contributed by atoms with van der Waals surface area (Å²) in [7, 11) is -1.01. The molecule has 4 heteroatoms. The first kappa shape index (κ1) is 11.9. The molecular weight excluding hydrogens is 228 g/mol. The molecule has 0 saturated heterocycles. The lowest BCUT2D eigenvalue weighted by atomic mass is 10.3. The van der Waals surface area contributed by atoms with Crippen LogP contribution in [0, 0.1) is 0 Å². The van der Waals surface area contributed by atoms with Crippen molar-refractivity contribution in [2.75, 3.05) is 0 Å². The summed E-state index contributed by atoms with van der Waals surface area (Å²) in [6.45, 7) is 14.9. The summed E-state index contributed by atoms with van der Waals surface area (Å²) in [5, 5.41) is 5.19. The van der Waals surface area contributed by atoms with Gasteiger partial charge in [0.2, 0.25) is 0 Å². The first-order chi connectivity index (χ1) is 5.71. The molecule has 0 saturated carbocycles. The van der Waals surface area contributed by atoms with E-state index in [4.69, 9.17) is 0 Å². The Morgan fingerprint density at radius 3 is 1.54 bits per heavy atom. The van der Waals surface area contributed by atoms with Crippen LogP contribution in [-0.2, 0) is 0 Å². The van der Waals surface area contributed by atoms with Gasteiger partial charge in [-0.3, -0.25) is 0 Å². The number of hydrogen-bond donors (Lipinski definition) is 0. The van der Waals surface area contributed by atoms with Gasteiger partial charge < -0.3 is 0 Å². The summed E-state index contributed by atoms with van der Waals surface area (Å²) in [5.74, 6) is -1.17. The second kappa shape index (κ2) is 3.47. The molecule has 0 N–H and O–H groups in total. The summed E-state index contributed by atoms with van der Waals surface area (Å²) in [4.78, 5) is 0. The fourth-order valence-corrected chi connectivity index (χ4v) is 29.1. The second-order valence-corrected chi connectivity index (χ2v) is 28.7. The molecule has 0 fully saturated rings. The van der Waals surface area contributed by atoms with Crippen LogP contribution in [0.1, 0.15) is 20.8 Å². The van der Waals surface area contributed by atoms with Crippen LogP contribution in [0.4, 0.5) is 0 Å². The van der Waals surface area contributed by atoms with Gasteiger partial charge in [-0.15, -0.1) is 22.4 Å².